The molecule has 0 saturated carbocycles. The molecule has 0 fully saturated rings. The predicted molar refractivity (Wildman–Crippen MR) is 56.0 cm³/mol. The molecule has 0 saturated heterocycles. The van der Waals surface area contributed by atoms with E-state index in [0.29, 0.717) is 5.00 Å². The molecule has 0 amide bonds. The Kier molecular flexibility index (Phi) is 1.63. The lowest BCUT2D eigenvalue weighted by atomic mass is 10.4. The molecule has 4 nitrogen and oxygen atoms in total. The van der Waals surface area contributed by atoms with Crippen molar-refractivity contribution in [1.82, 2.24) is 4.68 Å². The highest BCUT2D eigenvalue weighted by molar-refractivity contribution is 7.22. The third-order valence-corrected chi connectivity index (χ3v) is 2.96. The van der Waals surface area contributed by atoms with Gasteiger partial charge in [-0.2, -0.15) is 0 Å². The van der Waals surface area contributed by atoms with Gasteiger partial charge in [-0.3, -0.25) is 4.68 Å². The molecule has 0 bridgehead atoms. The van der Waals surface area contributed by atoms with Crippen LogP contribution in [0.25, 0.3) is 10.2 Å². The van der Waals surface area contributed by atoms with Crippen molar-refractivity contribution in [2.75, 3.05) is 24.8 Å². The monoisotopic (exact) mass is 197 g/mol. The smallest absolute Gasteiger partial charge is 0.159 e. The van der Waals surface area contributed by atoms with Gasteiger partial charge < -0.3 is 15.8 Å². The Bertz CT molecular complexity index is 443. The van der Waals surface area contributed by atoms with Crippen LogP contribution < -0.4 is 10.7 Å². The summed E-state index contributed by atoms with van der Waals surface area (Å²) in [5.41, 5.74) is 5.60. The minimum Gasteiger partial charge on any atom is -0.504 e. The summed E-state index contributed by atoms with van der Waals surface area (Å²) in [5, 5.41) is 12.8. The van der Waals surface area contributed by atoms with Crippen molar-refractivity contribution < 1.29 is 5.11 Å². The zero-order valence-corrected chi connectivity index (χ0v) is 8.30. The average Bonchev–Trinajstić information content (AvgIpc) is 2.55. The molecule has 0 aliphatic heterocycles. The van der Waals surface area contributed by atoms with Crippen LogP contribution in [0.3, 0.4) is 0 Å². The molecule has 0 aliphatic carbocycles. The van der Waals surface area contributed by atoms with Crippen LogP contribution in [0.15, 0.2) is 12.3 Å². The number of hydrogen-bond donors (Lipinski definition) is 2. The van der Waals surface area contributed by atoms with E-state index in [1.54, 1.807) is 0 Å². The van der Waals surface area contributed by atoms with E-state index < -0.39 is 0 Å². The number of nitrogens with two attached hydrogens (primary N) is 1. The maximum atomic E-state index is 9.55. The van der Waals surface area contributed by atoms with Crippen LogP contribution in [-0.2, 0) is 0 Å². The number of anilines is 1. The molecule has 5 heteroatoms. The maximum absolute atomic E-state index is 9.55. The molecule has 0 aromatic carbocycles. The van der Waals surface area contributed by atoms with Crippen LogP contribution in [0.5, 0.6) is 5.75 Å². The van der Waals surface area contributed by atoms with Crippen molar-refractivity contribution in [2.45, 2.75) is 0 Å². The molecule has 3 N–H and O–H groups in total. The minimum atomic E-state index is 0.195. The zero-order chi connectivity index (χ0) is 9.59. The number of thiophene rings is 1. The summed E-state index contributed by atoms with van der Waals surface area (Å²) in [6.45, 7) is 0. The fourth-order valence-electron chi connectivity index (χ4n) is 1.29. The first-order valence-electron chi connectivity index (χ1n) is 3.87. The molecular formula is C8H11N3OS. The minimum absolute atomic E-state index is 0.195. The van der Waals surface area contributed by atoms with E-state index >= 15 is 0 Å². The highest BCUT2D eigenvalue weighted by Crippen LogP contribution is 2.39. The maximum Gasteiger partial charge on any atom is 0.159 e. The van der Waals surface area contributed by atoms with Crippen LogP contribution in [-0.4, -0.2) is 23.9 Å². The Morgan fingerprint density at radius 3 is 2.85 bits per heavy atom. The van der Waals surface area contributed by atoms with Crippen LogP contribution in [0, 0.1) is 0 Å². The SMILES string of the molecule is CN(C)n1ccc2c(O)c(N)sc21. The molecule has 0 aliphatic rings. The molecule has 13 heavy (non-hydrogen) atoms. The number of aromatic hydroxyl groups is 1. The predicted octanol–water partition coefficient (Wildman–Crippen LogP) is 1.19. The van der Waals surface area contributed by atoms with Gasteiger partial charge in [-0.25, -0.2) is 0 Å². The van der Waals surface area contributed by atoms with Gasteiger partial charge in [-0.15, -0.1) is 0 Å². The highest BCUT2D eigenvalue weighted by atomic mass is 32.1. The van der Waals surface area contributed by atoms with Gasteiger partial charge in [0.25, 0.3) is 0 Å². The van der Waals surface area contributed by atoms with Gasteiger partial charge in [-0.05, 0) is 6.07 Å². The molecule has 2 aromatic rings. The van der Waals surface area contributed by atoms with Gasteiger partial charge in [0.05, 0.1) is 5.39 Å². The molecule has 0 unspecified atom stereocenters. The van der Waals surface area contributed by atoms with Gasteiger partial charge >= 0.3 is 0 Å². The van der Waals surface area contributed by atoms with Crippen molar-refractivity contribution in [3.8, 4) is 5.75 Å². The number of hydrogen-bond acceptors (Lipinski definition) is 4. The second-order valence-corrected chi connectivity index (χ2v) is 4.07. The summed E-state index contributed by atoms with van der Waals surface area (Å²) < 4.78 is 1.94. The number of nitrogens with zero attached hydrogens (tertiary/aromatic N) is 2. The highest BCUT2D eigenvalue weighted by Gasteiger charge is 2.12. The fraction of sp³-hybridized carbons (Fsp3) is 0.250. The van der Waals surface area contributed by atoms with Crippen LogP contribution >= 0.6 is 11.3 Å². The zero-order valence-electron chi connectivity index (χ0n) is 7.48. The molecular weight excluding hydrogens is 186 g/mol. The van der Waals surface area contributed by atoms with Crippen molar-refractivity contribution >= 4 is 26.6 Å². The first-order chi connectivity index (χ1) is 6.11. The van der Waals surface area contributed by atoms with Gasteiger partial charge in [0.1, 0.15) is 9.83 Å². The summed E-state index contributed by atoms with van der Waals surface area (Å²) in [4.78, 5) is 0.972. The van der Waals surface area contributed by atoms with E-state index in [4.69, 9.17) is 5.73 Å². The second-order valence-electron chi connectivity index (χ2n) is 3.04. The van der Waals surface area contributed by atoms with E-state index in [1.165, 1.54) is 11.3 Å². The average molecular weight is 197 g/mol. The number of aromatic nitrogens is 1. The van der Waals surface area contributed by atoms with Gasteiger partial charge in [0.2, 0.25) is 0 Å². The number of fused-ring (bicyclic) bond motifs is 1. The Morgan fingerprint density at radius 1 is 1.54 bits per heavy atom. The van der Waals surface area contributed by atoms with Crippen molar-refractivity contribution in [3.05, 3.63) is 12.3 Å². The topological polar surface area (TPSA) is 54.4 Å². The Labute approximate surface area is 79.8 Å². The third-order valence-electron chi connectivity index (χ3n) is 1.95. The number of rotatable bonds is 1. The van der Waals surface area contributed by atoms with Gasteiger partial charge in [0.15, 0.2) is 5.75 Å². The van der Waals surface area contributed by atoms with Crippen LogP contribution in [0.1, 0.15) is 0 Å². The van der Waals surface area contributed by atoms with Crippen LogP contribution in [0.4, 0.5) is 5.00 Å². The second kappa shape index (κ2) is 2.56. The van der Waals surface area contributed by atoms with Gasteiger partial charge in [-0.1, -0.05) is 11.3 Å². The molecule has 70 valence electrons. The third kappa shape index (κ3) is 1.04. The fourth-order valence-corrected chi connectivity index (χ4v) is 2.30. The summed E-state index contributed by atoms with van der Waals surface area (Å²) in [5.74, 6) is 0.195. The van der Waals surface area contributed by atoms with Crippen molar-refractivity contribution in [2.24, 2.45) is 0 Å². The van der Waals surface area contributed by atoms with E-state index in [9.17, 15) is 5.11 Å². The Hall–Kier alpha value is -1.36. The first-order valence-corrected chi connectivity index (χ1v) is 4.69. The van der Waals surface area contributed by atoms with Crippen LogP contribution in [0.2, 0.25) is 0 Å². The lowest BCUT2D eigenvalue weighted by Gasteiger charge is -2.13. The normalized spacial score (nSPS) is 10.9. The molecule has 2 heterocycles. The number of nitrogen functional groups attached to an aromatic ring is 1. The Balaban J connectivity index is 2.74. The summed E-state index contributed by atoms with van der Waals surface area (Å²) in [6.07, 6.45) is 1.90. The quantitative estimate of drug-likeness (QED) is 0.722. The molecule has 2 aromatic heterocycles. The standard InChI is InChI=1S/C8H11N3OS/c1-10(2)11-4-3-5-6(12)7(9)13-8(5)11/h3-4,12H,9H2,1-2H3. The lowest BCUT2D eigenvalue weighted by molar-refractivity contribution is 0.486. The summed E-state index contributed by atoms with van der Waals surface area (Å²) in [6, 6.07) is 1.86. The van der Waals surface area contributed by atoms with Crippen molar-refractivity contribution in [3.63, 3.8) is 0 Å². The molecule has 2 rings (SSSR count). The summed E-state index contributed by atoms with van der Waals surface area (Å²) >= 11 is 1.39. The largest absolute Gasteiger partial charge is 0.504 e. The van der Waals surface area contributed by atoms with E-state index in [-0.39, 0.29) is 5.75 Å². The van der Waals surface area contributed by atoms with E-state index in [1.807, 2.05) is 36.0 Å². The van der Waals surface area contributed by atoms with E-state index in [0.717, 1.165) is 10.2 Å². The van der Waals surface area contributed by atoms with Gasteiger partial charge in [0, 0.05) is 20.3 Å². The van der Waals surface area contributed by atoms with E-state index in [2.05, 4.69) is 0 Å². The van der Waals surface area contributed by atoms with Crippen molar-refractivity contribution in [1.29, 1.82) is 0 Å². The summed E-state index contributed by atoms with van der Waals surface area (Å²) in [7, 11) is 3.87. The molecule has 0 radical (unpaired) electrons. The molecule has 0 atom stereocenters. The lowest BCUT2D eigenvalue weighted by Crippen LogP contribution is -2.22. The Morgan fingerprint density at radius 2 is 2.23 bits per heavy atom. The first kappa shape index (κ1) is 8.25. The molecule has 0 spiro atoms.